The van der Waals surface area contributed by atoms with Gasteiger partial charge in [-0.2, -0.15) is 0 Å². The summed E-state index contributed by atoms with van der Waals surface area (Å²) in [7, 11) is 0. The molecule has 0 aliphatic heterocycles. The van der Waals surface area contributed by atoms with Crippen LogP contribution < -0.4 is 0 Å². The summed E-state index contributed by atoms with van der Waals surface area (Å²) in [5, 5.41) is 0. The number of aryl methyl sites for hydroxylation is 1. The van der Waals surface area contributed by atoms with Gasteiger partial charge in [-0.3, -0.25) is 8.97 Å². The molecule has 0 fully saturated rings. The Morgan fingerprint density at radius 3 is 1.64 bits per heavy atom. The summed E-state index contributed by atoms with van der Waals surface area (Å²) in [5.74, 6) is 0.954. The summed E-state index contributed by atoms with van der Waals surface area (Å²) in [5.41, 5.74) is 17.1. The zero-order chi connectivity index (χ0) is 29.2. The summed E-state index contributed by atoms with van der Waals surface area (Å²) < 4.78 is 4.69. The number of para-hydroxylation sites is 3. The molecule has 1 aliphatic rings. The highest BCUT2D eigenvalue weighted by atomic mass is 15.2. The van der Waals surface area contributed by atoms with E-state index in [2.05, 4.69) is 149 Å². The van der Waals surface area contributed by atoms with Crippen LogP contribution in [0.25, 0.3) is 78.0 Å². The van der Waals surface area contributed by atoms with E-state index in [1.165, 1.54) is 67.5 Å². The first-order chi connectivity index (χ1) is 21.8. The molecular formula is C41H31N3. The van der Waals surface area contributed by atoms with Crippen LogP contribution in [0.1, 0.15) is 25.3 Å². The van der Waals surface area contributed by atoms with Crippen LogP contribution in [-0.4, -0.2) is 14.0 Å². The second-order valence-corrected chi connectivity index (χ2v) is 11.8. The monoisotopic (exact) mass is 565 g/mol. The Labute approximate surface area is 256 Å². The molecule has 3 nitrogen and oxygen atoms in total. The third kappa shape index (κ3) is 3.59. The summed E-state index contributed by atoms with van der Waals surface area (Å²) in [6.45, 7) is 2.25. The van der Waals surface area contributed by atoms with Gasteiger partial charge >= 0.3 is 0 Å². The molecule has 0 spiro atoms. The van der Waals surface area contributed by atoms with Gasteiger partial charge in [-0.15, -0.1) is 0 Å². The molecule has 0 amide bonds. The summed E-state index contributed by atoms with van der Waals surface area (Å²) >= 11 is 0. The zero-order valence-electron chi connectivity index (χ0n) is 24.7. The van der Waals surface area contributed by atoms with E-state index in [-0.39, 0.29) is 0 Å². The Hall–Kier alpha value is -5.41. The third-order valence-electron chi connectivity index (χ3n) is 9.32. The smallest absolute Gasteiger partial charge is 0.220 e. The minimum Gasteiger partial charge on any atom is -0.278 e. The van der Waals surface area contributed by atoms with E-state index in [9.17, 15) is 0 Å². The predicted molar refractivity (Wildman–Crippen MR) is 183 cm³/mol. The second kappa shape index (κ2) is 9.82. The van der Waals surface area contributed by atoms with Crippen LogP contribution in [0.3, 0.4) is 0 Å². The average Bonchev–Trinajstić information content (AvgIpc) is 3.62. The van der Waals surface area contributed by atoms with Gasteiger partial charge in [-0.1, -0.05) is 116 Å². The highest BCUT2D eigenvalue weighted by Gasteiger charge is 2.24. The maximum Gasteiger partial charge on any atom is 0.220 e. The number of imidazole rings is 2. The van der Waals surface area contributed by atoms with Gasteiger partial charge in [0.1, 0.15) is 0 Å². The summed E-state index contributed by atoms with van der Waals surface area (Å²) in [6, 6.07) is 48.8. The van der Waals surface area contributed by atoms with Crippen LogP contribution in [0.4, 0.5) is 0 Å². The minimum atomic E-state index is 0.954. The Bertz CT molecular complexity index is 2380. The van der Waals surface area contributed by atoms with Crippen LogP contribution in [0, 0.1) is 0 Å². The van der Waals surface area contributed by atoms with Crippen molar-refractivity contribution in [2.75, 3.05) is 0 Å². The number of benzene rings is 6. The summed E-state index contributed by atoms with van der Waals surface area (Å²) in [4.78, 5) is 5.36. The number of hydrogen-bond donors (Lipinski definition) is 0. The molecule has 0 N–H and O–H groups in total. The maximum atomic E-state index is 5.36. The fourth-order valence-corrected chi connectivity index (χ4v) is 7.29. The molecule has 0 saturated heterocycles. The van der Waals surface area contributed by atoms with E-state index >= 15 is 0 Å². The molecule has 3 heteroatoms. The van der Waals surface area contributed by atoms with E-state index in [1.54, 1.807) is 0 Å². The molecule has 44 heavy (non-hydrogen) atoms. The number of nitrogens with zero attached hydrogens (tertiary/aromatic N) is 3. The van der Waals surface area contributed by atoms with Crippen molar-refractivity contribution in [2.45, 2.75) is 26.2 Å². The highest BCUT2D eigenvalue weighted by molar-refractivity contribution is 6.03. The highest BCUT2D eigenvalue weighted by Crippen LogP contribution is 2.48. The van der Waals surface area contributed by atoms with Crippen molar-refractivity contribution in [1.82, 2.24) is 14.0 Å². The SMILES string of the molecule is CCCCc1cccc2c1nc1n(-c3ccc4c(c3)-c3ccccc3-c3ccccc3-c3ccccc3-4)c3ccccc3n21. The molecule has 0 unspecified atom stereocenters. The fraction of sp³-hybridized carbons (Fsp3) is 0.0976. The topological polar surface area (TPSA) is 22.2 Å². The van der Waals surface area contributed by atoms with Crippen molar-refractivity contribution >= 4 is 27.8 Å². The largest absolute Gasteiger partial charge is 0.278 e. The fourth-order valence-electron chi connectivity index (χ4n) is 7.29. The molecule has 2 heterocycles. The summed E-state index contributed by atoms with van der Waals surface area (Å²) in [6.07, 6.45) is 3.38. The number of hydrogen-bond acceptors (Lipinski definition) is 1. The lowest BCUT2D eigenvalue weighted by molar-refractivity contribution is 0.798. The molecule has 1 aliphatic carbocycles. The van der Waals surface area contributed by atoms with E-state index in [4.69, 9.17) is 4.98 Å². The molecule has 8 aromatic rings. The van der Waals surface area contributed by atoms with E-state index in [1.807, 2.05) is 0 Å². The van der Waals surface area contributed by atoms with Crippen LogP contribution in [-0.2, 0) is 6.42 Å². The lowest BCUT2D eigenvalue weighted by atomic mass is 9.81. The van der Waals surface area contributed by atoms with Crippen LogP contribution in [0.5, 0.6) is 0 Å². The third-order valence-corrected chi connectivity index (χ3v) is 9.32. The van der Waals surface area contributed by atoms with E-state index < -0.39 is 0 Å². The first kappa shape index (κ1) is 25.1. The molecule has 0 saturated carbocycles. The predicted octanol–water partition coefficient (Wildman–Crippen LogP) is 10.8. The van der Waals surface area contributed by atoms with Crippen LogP contribution in [0.2, 0.25) is 0 Å². The molecule has 9 rings (SSSR count). The number of aromatic nitrogens is 3. The number of rotatable bonds is 4. The van der Waals surface area contributed by atoms with Gasteiger partial charge in [0.05, 0.1) is 22.1 Å². The lowest BCUT2D eigenvalue weighted by Crippen LogP contribution is -2.00. The van der Waals surface area contributed by atoms with E-state index in [0.29, 0.717) is 0 Å². The Morgan fingerprint density at radius 2 is 1.02 bits per heavy atom. The molecule has 210 valence electrons. The van der Waals surface area contributed by atoms with E-state index in [0.717, 1.165) is 35.3 Å². The Morgan fingerprint density at radius 1 is 0.500 bits per heavy atom. The maximum absolute atomic E-state index is 5.36. The van der Waals surface area contributed by atoms with Crippen molar-refractivity contribution in [3.8, 4) is 50.2 Å². The minimum absolute atomic E-state index is 0.954. The van der Waals surface area contributed by atoms with Gasteiger partial charge in [0, 0.05) is 5.69 Å². The zero-order valence-corrected chi connectivity index (χ0v) is 24.7. The molecule has 6 aromatic carbocycles. The van der Waals surface area contributed by atoms with Gasteiger partial charge < -0.3 is 0 Å². The first-order valence-corrected chi connectivity index (χ1v) is 15.6. The Kier molecular flexibility index (Phi) is 5.61. The molecule has 0 bridgehead atoms. The molecule has 0 atom stereocenters. The van der Waals surface area contributed by atoms with Crippen molar-refractivity contribution in [3.05, 3.63) is 139 Å². The lowest BCUT2D eigenvalue weighted by Gasteiger charge is -2.23. The number of unbranched alkanes of at least 4 members (excludes halogenated alkanes) is 1. The van der Waals surface area contributed by atoms with Gasteiger partial charge in [-0.25, -0.2) is 4.98 Å². The average molecular weight is 566 g/mol. The van der Waals surface area contributed by atoms with Gasteiger partial charge in [0.25, 0.3) is 0 Å². The molecule has 0 radical (unpaired) electrons. The molecule has 2 aromatic heterocycles. The standard InChI is InChI=1S/C41H31N3/c1-2-3-13-27-14-12-23-39-40(27)42-41-43(37-21-10-11-22-38(37)44(39)41)28-24-25-35-33-19-7-6-17-31(33)29-15-4-5-16-30(29)32-18-8-9-20-34(32)36(35)26-28/h4-12,14-26H,2-3,13H2,1H3. The first-order valence-electron chi connectivity index (χ1n) is 15.6. The quantitative estimate of drug-likeness (QED) is 0.208. The normalized spacial score (nSPS) is 12.0. The van der Waals surface area contributed by atoms with Gasteiger partial charge in [0.15, 0.2) is 0 Å². The van der Waals surface area contributed by atoms with Crippen LogP contribution >= 0.6 is 0 Å². The van der Waals surface area contributed by atoms with Crippen molar-refractivity contribution in [2.24, 2.45) is 0 Å². The van der Waals surface area contributed by atoms with Gasteiger partial charge in [0.2, 0.25) is 5.78 Å². The van der Waals surface area contributed by atoms with Crippen LogP contribution in [0.15, 0.2) is 133 Å². The van der Waals surface area contributed by atoms with Gasteiger partial charge in [-0.05, 0) is 93.2 Å². The van der Waals surface area contributed by atoms with Crippen molar-refractivity contribution < 1.29 is 0 Å². The Balaban J connectivity index is 1.36. The molecular weight excluding hydrogens is 534 g/mol. The second-order valence-electron chi connectivity index (χ2n) is 11.8. The van der Waals surface area contributed by atoms with Crippen molar-refractivity contribution in [1.29, 1.82) is 0 Å². The van der Waals surface area contributed by atoms with Crippen molar-refractivity contribution in [3.63, 3.8) is 0 Å². The number of fused-ring (bicyclic) bond motifs is 13.